The van der Waals surface area contributed by atoms with Crippen LogP contribution in [0.5, 0.6) is 0 Å². The van der Waals surface area contributed by atoms with Gasteiger partial charge in [-0.3, -0.25) is 20.1 Å². The number of anilines is 4. The fraction of sp³-hybridized carbons (Fsp3) is 0.321. The number of carbonyl (C=O) groups is 2. The normalized spacial score (nSPS) is 15.9. The highest BCUT2D eigenvalue weighted by atomic mass is 32.1. The summed E-state index contributed by atoms with van der Waals surface area (Å²) in [7, 11) is 5.04. The summed E-state index contributed by atoms with van der Waals surface area (Å²) < 4.78 is 45.9. The third-order valence-corrected chi connectivity index (χ3v) is 8.06. The first-order valence-corrected chi connectivity index (χ1v) is 14.1. The van der Waals surface area contributed by atoms with Crippen LogP contribution in [0.2, 0.25) is 0 Å². The smallest absolute Gasteiger partial charge is 0.416 e. The summed E-state index contributed by atoms with van der Waals surface area (Å²) in [4.78, 5) is 33.8. The highest BCUT2D eigenvalue weighted by Gasteiger charge is 2.32. The molecule has 0 saturated carbocycles. The predicted molar refractivity (Wildman–Crippen MR) is 160 cm³/mol. The van der Waals surface area contributed by atoms with Crippen molar-refractivity contribution in [2.45, 2.75) is 13.1 Å². The molecule has 0 spiro atoms. The van der Waals surface area contributed by atoms with Gasteiger partial charge in [0.1, 0.15) is 0 Å². The summed E-state index contributed by atoms with van der Waals surface area (Å²) in [5, 5.41) is 9.05. The molecule has 3 N–H and O–H groups in total. The molecule has 1 saturated heterocycles. The van der Waals surface area contributed by atoms with Crippen molar-refractivity contribution in [1.82, 2.24) is 20.4 Å². The lowest BCUT2D eigenvalue weighted by molar-refractivity contribution is -0.137. The van der Waals surface area contributed by atoms with Crippen molar-refractivity contribution in [2.75, 3.05) is 67.9 Å². The molecule has 1 fully saturated rings. The average molecular weight is 617 g/mol. The van der Waals surface area contributed by atoms with Gasteiger partial charge < -0.3 is 19.9 Å². The summed E-state index contributed by atoms with van der Waals surface area (Å²) in [5.41, 5.74) is 5.38. The molecule has 2 aliphatic rings. The van der Waals surface area contributed by atoms with Gasteiger partial charge in [-0.1, -0.05) is 17.4 Å². The Hall–Kier alpha value is -4.34. The lowest BCUT2D eigenvalue weighted by Gasteiger charge is -2.34. The zero-order valence-corrected chi connectivity index (χ0v) is 24.8. The number of aromatic nitrogens is 1. The zero-order valence-electron chi connectivity index (χ0n) is 24.0. The highest BCUT2D eigenvalue weighted by molar-refractivity contribution is 7.16. The van der Waals surface area contributed by atoms with Crippen LogP contribution in [-0.2, 0) is 10.9 Å². The minimum atomic E-state index is -4.56. The Kier molecular flexibility index (Phi) is 8.48. The van der Waals surface area contributed by atoms with Gasteiger partial charge in [0.15, 0.2) is 5.13 Å². The van der Waals surface area contributed by atoms with Crippen molar-refractivity contribution in [3.05, 3.63) is 70.4 Å². The SMILES string of the molecule is COC(=O)Nc1ncc(C2=CN(c3cc(C(=O)Nc4cc(N5CCN(C)CC5)cc(C(F)(F)F)c4)ccc3C)NN2C)s1. The second-order valence-electron chi connectivity index (χ2n) is 10.2. The number of piperazine rings is 1. The van der Waals surface area contributed by atoms with E-state index in [9.17, 15) is 22.8 Å². The number of halogens is 3. The van der Waals surface area contributed by atoms with Crippen molar-refractivity contribution in [3.8, 4) is 0 Å². The van der Waals surface area contributed by atoms with Crippen molar-refractivity contribution < 1.29 is 27.5 Å². The summed E-state index contributed by atoms with van der Waals surface area (Å²) in [5.74, 6) is -0.539. The number of hydrogen-bond donors (Lipinski definition) is 3. The van der Waals surface area contributed by atoms with Gasteiger partial charge in [-0.25, -0.2) is 9.78 Å². The van der Waals surface area contributed by atoms with Gasteiger partial charge in [-0.2, -0.15) is 13.2 Å². The molecular weight excluding hydrogens is 585 g/mol. The molecule has 5 rings (SSSR count). The van der Waals surface area contributed by atoms with E-state index in [1.807, 2.05) is 25.1 Å². The van der Waals surface area contributed by atoms with E-state index >= 15 is 0 Å². The number of thiazole rings is 1. The number of carbonyl (C=O) groups excluding carboxylic acids is 2. The molecule has 2 amide bonds. The molecule has 3 aromatic rings. The molecule has 2 aromatic carbocycles. The van der Waals surface area contributed by atoms with E-state index in [0.29, 0.717) is 29.6 Å². The number of aryl methyl sites for hydroxylation is 1. The minimum absolute atomic E-state index is 0.0682. The fourth-order valence-electron chi connectivity index (χ4n) is 4.70. The first kappa shape index (κ1) is 30.1. The van der Waals surface area contributed by atoms with E-state index in [4.69, 9.17) is 0 Å². The fourth-order valence-corrected chi connectivity index (χ4v) is 5.55. The first-order valence-electron chi connectivity index (χ1n) is 13.3. The number of hydrogen-bond acceptors (Lipinski definition) is 10. The Morgan fingerprint density at radius 2 is 1.79 bits per heavy atom. The van der Waals surface area contributed by atoms with Gasteiger partial charge in [0.05, 0.1) is 28.9 Å². The standard InChI is InChI=1S/C28H31F3N8O3S/c1-17-5-6-18(11-22(17)39-16-23(37(3)35-39)24-15-32-26(43-24)34-27(41)42-4)25(40)33-20-12-19(28(29,30)31)13-21(14-20)38-9-7-36(2)8-10-38/h5-6,11-16,35H,7-10H2,1-4H3,(H,33,40)(H,32,34,41). The maximum atomic E-state index is 13.8. The van der Waals surface area contributed by atoms with Crippen molar-refractivity contribution in [3.63, 3.8) is 0 Å². The molecule has 0 bridgehead atoms. The van der Waals surface area contributed by atoms with Gasteiger partial charge in [0.25, 0.3) is 5.91 Å². The number of methoxy groups -OCH3 is 1. The molecular formula is C28H31F3N8O3S. The van der Waals surface area contributed by atoms with Gasteiger partial charge in [-0.15, -0.1) is 5.53 Å². The van der Waals surface area contributed by atoms with Crippen LogP contribution in [-0.4, -0.2) is 74.3 Å². The van der Waals surface area contributed by atoms with Gasteiger partial charge in [0, 0.05) is 62.6 Å². The minimum Gasteiger partial charge on any atom is -0.453 e. The summed E-state index contributed by atoms with van der Waals surface area (Å²) in [6.07, 6.45) is -1.76. The van der Waals surface area contributed by atoms with Crippen molar-refractivity contribution >= 4 is 51.2 Å². The lowest BCUT2D eigenvalue weighted by atomic mass is 10.1. The van der Waals surface area contributed by atoms with Gasteiger partial charge in [-0.05, 0) is 49.9 Å². The van der Waals surface area contributed by atoms with Crippen molar-refractivity contribution in [1.29, 1.82) is 0 Å². The molecule has 2 aliphatic heterocycles. The average Bonchev–Trinajstić information content (AvgIpc) is 3.59. The maximum absolute atomic E-state index is 13.8. The number of likely N-dealkylation sites (N-methyl/N-ethyl adjacent to an activating group) is 1. The molecule has 0 aliphatic carbocycles. The van der Waals surface area contributed by atoms with Gasteiger partial charge in [0.2, 0.25) is 0 Å². The number of benzene rings is 2. The Bertz CT molecular complexity index is 1550. The number of ether oxygens (including phenoxy) is 1. The number of amides is 2. The van der Waals surface area contributed by atoms with Gasteiger partial charge >= 0.3 is 12.3 Å². The molecule has 15 heteroatoms. The van der Waals surface area contributed by atoms with E-state index in [-0.39, 0.29) is 11.3 Å². The monoisotopic (exact) mass is 616 g/mol. The number of rotatable bonds is 6. The largest absolute Gasteiger partial charge is 0.453 e. The number of alkyl halides is 3. The Labute approximate surface area is 250 Å². The van der Waals surface area contributed by atoms with Crippen LogP contribution in [0.25, 0.3) is 5.70 Å². The quantitative estimate of drug-likeness (QED) is 0.360. The molecule has 43 heavy (non-hydrogen) atoms. The van der Waals surface area contributed by atoms with Crippen LogP contribution in [0.3, 0.4) is 0 Å². The first-order chi connectivity index (χ1) is 20.4. The molecule has 0 radical (unpaired) electrons. The summed E-state index contributed by atoms with van der Waals surface area (Å²) >= 11 is 1.25. The second kappa shape index (κ2) is 12.1. The molecule has 3 heterocycles. The third-order valence-electron chi connectivity index (χ3n) is 7.13. The van der Waals surface area contributed by atoms with E-state index in [1.54, 1.807) is 47.5 Å². The zero-order chi connectivity index (χ0) is 30.9. The molecule has 1 aromatic heterocycles. The second-order valence-corrected chi connectivity index (χ2v) is 11.2. The highest BCUT2D eigenvalue weighted by Crippen LogP contribution is 2.36. The molecule has 0 unspecified atom stereocenters. The van der Waals surface area contributed by atoms with Crippen molar-refractivity contribution in [2.24, 2.45) is 0 Å². The Morgan fingerprint density at radius 3 is 2.49 bits per heavy atom. The Balaban J connectivity index is 1.37. The molecule has 0 atom stereocenters. The summed E-state index contributed by atoms with van der Waals surface area (Å²) in [6, 6.07) is 8.72. The van der Waals surface area contributed by atoms with Crippen LogP contribution < -0.4 is 26.1 Å². The Morgan fingerprint density at radius 1 is 1.05 bits per heavy atom. The summed E-state index contributed by atoms with van der Waals surface area (Å²) in [6.45, 7) is 4.52. The molecule has 11 nitrogen and oxygen atoms in total. The van der Waals surface area contributed by atoms with E-state index in [0.717, 1.165) is 41.4 Å². The van der Waals surface area contributed by atoms with E-state index < -0.39 is 23.7 Å². The van der Waals surface area contributed by atoms with Crippen LogP contribution >= 0.6 is 11.3 Å². The number of hydrazine groups is 2. The topological polar surface area (TPSA) is 105 Å². The van der Waals surface area contributed by atoms with Crippen LogP contribution in [0.15, 0.2) is 48.8 Å². The number of nitrogens with one attached hydrogen (secondary N) is 3. The van der Waals surface area contributed by atoms with E-state index in [1.165, 1.54) is 18.4 Å². The predicted octanol–water partition coefficient (Wildman–Crippen LogP) is 4.82. The maximum Gasteiger partial charge on any atom is 0.416 e. The lowest BCUT2D eigenvalue weighted by Crippen LogP contribution is -2.44. The van der Waals surface area contributed by atoms with Crippen LogP contribution in [0, 0.1) is 6.92 Å². The number of nitrogens with zero attached hydrogens (tertiary/aromatic N) is 5. The van der Waals surface area contributed by atoms with E-state index in [2.05, 4.69) is 30.8 Å². The van der Waals surface area contributed by atoms with Crippen LogP contribution in [0.1, 0.15) is 26.4 Å². The molecule has 228 valence electrons. The third kappa shape index (κ3) is 6.84. The van der Waals surface area contributed by atoms with Crippen LogP contribution in [0.4, 0.5) is 40.2 Å².